The lowest BCUT2D eigenvalue weighted by Gasteiger charge is -2.24. The normalized spacial score (nSPS) is 15.6. The van der Waals surface area contributed by atoms with E-state index in [9.17, 15) is 0 Å². The summed E-state index contributed by atoms with van der Waals surface area (Å²) in [6.07, 6.45) is 2.12. The van der Waals surface area contributed by atoms with Crippen molar-refractivity contribution in [1.82, 2.24) is 9.97 Å². The van der Waals surface area contributed by atoms with Crippen molar-refractivity contribution < 1.29 is 0 Å². The fourth-order valence-corrected chi connectivity index (χ4v) is 4.08. The van der Waals surface area contributed by atoms with Crippen LogP contribution >= 0.6 is 22.9 Å². The molecular weight excluding hydrogens is 352 g/mol. The van der Waals surface area contributed by atoms with Crippen LogP contribution in [0.2, 0.25) is 5.02 Å². The minimum atomic E-state index is -0.114. The summed E-state index contributed by atoms with van der Waals surface area (Å²) in [7, 11) is 2.03. The van der Waals surface area contributed by atoms with Gasteiger partial charge in [0.05, 0.1) is 15.8 Å². The van der Waals surface area contributed by atoms with Crippen LogP contribution in [0.4, 0.5) is 11.8 Å². The molecule has 0 aliphatic heterocycles. The van der Waals surface area contributed by atoms with E-state index in [0.29, 0.717) is 6.04 Å². The van der Waals surface area contributed by atoms with E-state index in [2.05, 4.69) is 41.6 Å². The number of benzene rings is 1. The van der Waals surface area contributed by atoms with Crippen molar-refractivity contribution in [3.63, 3.8) is 0 Å². The molecule has 0 bridgehead atoms. The van der Waals surface area contributed by atoms with Crippen LogP contribution in [0.15, 0.2) is 35.7 Å². The molecule has 1 N–H and O–H groups in total. The molecule has 4 nitrogen and oxygen atoms in total. The summed E-state index contributed by atoms with van der Waals surface area (Å²) >= 11 is 8.13. The molecule has 1 fully saturated rings. The van der Waals surface area contributed by atoms with Crippen LogP contribution in [0.3, 0.4) is 0 Å². The van der Waals surface area contributed by atoms with Gasteiger partial charge in [-0.1, -0.05) is 29.8 Å². The van der Waals surface area contributed by atoms with Crippen molar-refractivity contribution in [3.05, 3.63) is 46.3 Å². The zero-order valence-electron chi connectivity index (χ0n) is 14.6. The molecule has 0 amide bonds. The van der Waals surface area contributed by atoms with Gasteiger partial charge in [-0.25, -0.2) is 4.98 Å². The molecule has 2 aromatic heterocycles. The Morgan fingerprint density at radius 1 is 1.20 bits per heavy atom. The molecule has 1 aromatic carbocycles. The standard InChI is InChI=1S/C19H21ClN4S/c1-12(2)24(3)18-21-15-8-11-25-16(15)17(22-18)23-19(9-10-19)13-6-4-5-7-14(13)20/h4-8,11-12H,9-10H2,1-3H3,(H,21,22,23). The third-order valence-corrected chi connectivity index (χ3v) is 6.12. The second kappa shape index (κ2) is 6.15. The van der Waals surface area contributed by atoms with E-state index in [-0.39, 0.29) is 5.54 Å². The van der Waals surface area contributed by atoms with Crippen molar-refractivity contribution in [3.8, 4) is 0 Å². The third kappa shape index (κ3) is 2.96. The molecule has 130 valence electrons. The van der Waals surface area contributed by atoms with Crippen molar-refractivity contribution in [2.45, 2.75) is 38.3 Å². The van der Waals surface area contributed by atoms with Gasteiger partial charge >= 0.3 is 0 Å². The molecular formula is C19H21ClN4S. The van der Waals surface area contributed by atoms with E-state index in [1.165, 1.54) is 0 Å². The van der Waals surface area contributed by atoms with Crippen LogP contribution in [0.1, 0.15) is 32.3 Å². The zero-order valence-corrected chi connectivity index (χ0v) is 16.2. The molecule has 0 unspecified atom stereocenters. The first-order valence-corrected chi connectivity index (χ1v) is 9.77. The number of nitrogens with one attached hydrogen (secondary N) is 1. The third-order valence-electron chi connectivity index (χ3n) is 4.88. The van der Waals surface area contributed by atoms with E-state index < -0.39 is 0 Å². The Labute approximate surface area is 156 Å². The van der Waals surface area contributed by atoms with E-state index in [1.54, 1.807) is 11.3 Å². The maximum Gasteiger partial charge on any atom is 0.227 e. The van der Waals surface area contributed by atoms with Gasteiger partial charge in [-0.15, -0.1) is 11.3 Å². The predicted molar refractivity (Wildman–Crippen MR) is 107 cm³/mol. The summed E-state index contributed by atoms with van der Waals surface area (Å²) < 4.78 is 1.10. The summed E-state index contributed by atoms with van der Waals surface area (Å²) in [6, 6.07) is 10.5. The van der Waals surface area contributed by atoms with Crippen LogP contribution in [-0.4, -0.2) is 23.1 Å². The van der Waals surface area contributed by atoms with E-state index in [1.807, 2.05) is 25.2 Å². The minimum absolute atomic E-state index is 0.114. The van der Waals surface area contributed by atoms with Gasteiger partial charge in [-0.3, -0.25) is 0 Å². The second-order valence-corrected chi connectivity index (χ2v) is 8.22. The van der Waals surface area contributed by atoms with Crippen molar-refractivity contribution in [2.24, 2.45) is 0 Å². The molecule has 0 radical (unpaired) electrons. The lowest BCUT2D eigenvalue weighted by atomic mass is 10.0. The van der Waals surface area contributed by atoms with Crippen LogP contribution < -0.4 is 10.2 Å². The fourth-order valence-electron chi connectivity index (χ4n) is 2.99. The summed E-state index contributed by atoms with van der Waals surface area (Å²) in [4.78, 5) is 11.7. The number of fused-ring (bicyclic) bond motifs is 1. The van der Waals surface area contributed by atoms with Gasteiger partial charge in [0.2, 0.25) is 5.95 Å². The number of nitrogens with zero attached hydrogens (tertiary/aromatic N) is 3. The van der Waals surface area contributed by atoms with Gasteiger partial charge in [0, 0.05) is 18.1 Å². The number of anilines is 2. The number of hydrogen-bond acceptors (Lipinski definition) is 5. The summed E-state index contributed by atoms with van der Waals surface area (Å²) in [5.74, 6) is 1.65. The lowest BCUT2D eigenvalue weighted by molar-refractivity contribution is 0.729. The highest BCUT2D eigenvalue weighted by Gasteiger charge is 2.46. The SMILES string of the molecule is CC(C)N(C)c1nc(NC2(c3ccccc3Cl)CC2)c2sccc2n1. The Bertz CT molecular complexity index is 917. The first-order valence-electron chi connectivity index (χ1n) is 8.51. The Kier molecular flexibility index (Phi) is 4.08. The smallest absolute Gasteiger partial charge is 0.227 e. The van der Waals surface area contributed by atoms with Crippen LogP contribution in [0.25, 0.3) is 10.2 Å². The molecule has 3 aromatic rings. The first-order chi connectivity index (χ1) is 12.0. The molecule has 0 saturated heterocycles. The molecule has 0 atom stereocenters. The number of aromatic nitrogens is 2. The molecule has 6 heteroatoms. The van der Waals surface area contributed by atoms with Crippen molar-refractivity contribution >= 4 is 44.9 Å². The molecule has 2 heterocycles. The number of thiophene rings is 1. The summed E-state index contributed by atoms with van der Waals surface area (Å²) in [5, 5.41) is 6.58. The maximum atomic E-state index is 6.46. The average Bonchev–Trinajstić information content (AvgIpc) is 3.20. The monoisotopic (exact) mass is 372 g/mol. The largest absolute Gasteiger partial charge is 0.359 e. The van der Waals surface area contributed by atoms with Crippen molar-refractivity contribution in [1.29, 1.82) is 0 Å². The Hall–Kier alpha value is -1.85. The molecule has 1 aliphatic carbocycles. The fraction of sp³-hybridized carbons (Fsp3) is 0.368. The summed E-state index contributed by atoms with van der Waals surface area (Å²) in [6.45, 7) is 4.28. The Balaban J connectivity index is 1.76. The maximum absolute atomic E-state index is 6.46. The zero-order chi connectivity index (χ0) is 17.6. The molecule has 0 spiro atoms. The molecule has 1 saturated carbocycles. The molecule has 1 aliphatic rings. The Morgan fingerprint density at radius 3 is 2.64 bits per heavy atom. The second-order valence-electron chi connectivity index (χ2n) is 6.90. The highest BCUT2D eigenvalue weighted by molar-refractivity contribution is 7.17. The van der Waals surface area contributed by atoms with Gasteiger partial charge in [0.1, 0.15) is 5.82 Å². The lowest BCUT2D eigenvalue weighted by Crippen LogP contribution is -2.28. The predicted octanol–water partition coefficient (Wildman–Crippen LogP) is 5.29. The summed E-state index contributed by atoms with van der Waals surface area (Å²) in [5.41, 5.74) is 2.02. The molecule has 4 rings (SSSR count). The van der Waals surface area contributed by atoms with E-state index in [0.717, 1.165) is 45.4 Å². The number of rotatable bonds is 5. The van der Waals surface area contributed by atoms with Gasteiger partial charge < -0.3 is 10.2 Å². The van der Waals surface area contributed by atoms with Gasteiger partial charge in [0.25, 0.3) is 0 Å². The first kappa shape index (κ1) is 16.6. The van der Waals surface area contributed by atoms with Gasteiger partial charge in [-0.05, 0) is 49.8 Å². The van der Waals surface area contributed by atoms with Crippen molar-refractivity contribution in [2.75, 3.05) is 17.3 Å². The van der Waals surface area contributed by atoms with Crippen LogP contribution in [0.5, 0.6) is 0 Å². The van der Waals surface area contributed by atoms with Crippen LogP contribution in [-0.2, 0) is 5.54 Å². The topological polar surface area (TPSA) is 41.1 Å². The highest BCUT2D eigenvalue weighted by Crippen LogP contribution is 2.51. The number of halogens is 1. The highest BCUT2D eigenvalue weighted by atomic mass is 35.5. The minimum Gasteiger partial charge on any atom is -0.359 e. The van der Waals surface area contributed by atoms with Gasteiger partial charge in [-0.2, -0.15) is 4.98 Å². The van der Waals surface area contributed by atoms with Crippen LogP contribution in [0, 0.1) is 0 Å². The van der Waals surface area contributed by atoms with Gasteiger partial charge in [0.15, 0.2) is 0 Å². The number of hydrogen-bond donors (Lipinski definition) is 1. The van der Waals surface area contributed by atoms with E-state index in [4.69, 9.17) is 21.6 Å². The Morgan fingerprint density at radius 2 is 1.96 bits per heavy atom. The average molecular weight is 373 g/mol. The molecule has 25 heavy (non-hydrogen) atoms. The van der Waals surface area contributed by atoms with E-state index >= 15 is 0 Å². The quantitative estimate of drug-likeness (QED) is 0.660.